The summed E-state index contributed by atoms with van der Waals surface area (Å²) >= 11 is 0. The molecule has 0 aromatic heterocycles. The standard InChI is InChI=1S/C20H18N4O2/c1-10-7-11(2)20(24(25)26)12(3)17(10)18-14-6-4-5-13(14)15(8-21)19(23)16(18)9-22/h5,7,14H,4,6,23H2,1-3H3/t14-/m1/s1. The highest BCUT2D eigenvalue weighted by Gasteiger charge is 2.37. The number of nitrogens with zero attached hydrogens (tertiary/aromatic N) is 3. The fourth-order valence-electron chi connectivity index (χ4n) is 4.29. The van der Waals surface area contributed by atoms with E-state index in [1.807, 2.05) is 13.0 Å². The lowest BCUT2D eigenvalue weighted by molar-refractivity contribution is -0.386. The molecule has 6 nitrogen and oxygen atoms in total. The van der Waals surface area contributed by atoms with E-state index in [1.165, 1.54) is 0 Å². The fourth-order valence-corrected chi connectivity index (χ4v) is 4.29. The van der Waals surface area contributed by atoms with Crippen molar-refractivity contribution in [2.45, 2.75) is 33.6 Å². The van der Waals surface area contributed by atoms with Crippen LogP contribution >= 0.6 is 0 Å². The number of hydrogen-bond donors (Lipinski definition) is 1. The van der Waals surface area contributed by atoms with E-state index >= 15 is 0 Å². The predicted molar refractivity (Wildman–Crippen MR) is 97.5 cm³/mol. The average molecular weight is 346 g/mol. The molecule has 2 aliphatic rings. The maximum absolute atomic E-state index is 11.6. The molecule has 130 valence electrons. The summed E-state index contributed by atoms with van der Waals surface area (Å²) in [6, 6.07) is 6.05. The summed E-state index contributed by atoms with van der Waals surface area (Å²) < 4.78 is 0. The largest absolute Gasteiger partial charge is 0.397 e. The molecule has 0 bridgehead atoms. The Morgan fingerprint density at radius 3 is 2.42 bits per heavy atom. The van der Waals surface area contributed by atoms with Crippen LogP contribution in [0.3, 0.4) is 0 Å². The quantitative estimate of drug-likeness (QED) is 0.644. The SMILES string of the molecule is Cc1cc(C)c([N+](=O)[O-])c(C)c1C1=C(C#N)C(N)=C(C#N)C2=CCC[C@H]21. The lowest BCUT2D eigenvalue weighted by Crippen LogP contribution is -2.20. The smallest absolute Gasteiger partial charge is 0.275 e. The van der Waals surface area contributed by atoms with E-state index in [0.717, 1.165) is 24.0 Å². The minimum Gasteiger partial charge on any atom is -0.397 e. The Hall–Kier alpha value is -3.38. The Balaban J connectivity index is 2.43. The molecule has 0 amide bonds. The number of nitrogens with two attached hydrogens (primary N) is 1. The van der Waals surface area contributed by atoms with Gasteiger partial charge in [-0.3, -0.25) is 10.1 Å². The number of nitro groups is 1. The number of aryl methyl sites for hydroxylation is 2. The summed E-state index contributed by atoms with van der Waals surface area (Å²) in [6.07, 6.45) is 3.53. The molecule has 0 spiro atoms. The van der Waals surface area contributed by atoms with Crippen LogP contribution in [-0.2, 0) is 0 Å². The molecule has 26 heavy (non-hydrogen) atoms. The van der Waals surface area contributed by atoms with Crippen LogP contribution in [0.4, 0.5) is 5.69 Å². The van der Waals surface area contributed by atoms with Crippen LogP contribution in [0.5, 0.6) is 0 Å². The average Bonchev–Trinajstić information content (AvgIpc) is 3.03. The minimum absolute atomic E-state index is 0.0625. The van der Waals surface area contributed by atoms with Crippen molar-refractivity contribution in [1.29, 1.82) is 10.5 Å². The molecular weight excluding hydrogens is 328 g/mol. The Bertz CT molecular complexity index is 1030. The molecule has 0 saturated carbocycles. The van der Waals surface area contributed by atoms with Crippen molar-refractivity contribution in [1.82, 2.24) is 0 Å². The molecule has 0 radical (unpaired) electrons. The van der Waals surface area contributed by atoms with Crippen molar-refractivity contribution in [2.75, 3.05) is 0 Å². The van der Waals surface area contributed by atoms with Gasteiger partial charge in [-0.2, -0.15) is 10.5 Å². The first-order valence-electron chi connectivity index (χ1n) is 8.33. The van der Waals surface area contributed by atoms with Crippen LogP contribution < -0.4 is 5.73 Å². The van der Waals surface area contributed by atoms with Crippen molar-refractivity contribution < 1.29 is 4.92 Å². The van der Waals surface area contributed by atoms with Gasteiger partial charge in [-0.15, -0.1) is 0 Å². The van der Waals surface area contributed by atoms with Crippen LogP contribution in [-0.4, -0.2) is 4.92 Å². The molecule has 0 fully saturated rings. The van der Waals surface area contributed by atoms with Gasteiger partial charge in [0.15, 0.2) is 0 Å². The molecule has 6 heteroatoms. The fraction of sp³-hybridized carbons (Fsp3) is 0.300. The van der Waals surface area contributed by atoms with Crippen LogP contribution in [0.15, 0.2) is 34.6 Å². The second-order valence-electron chi connectivity index (χ2n) is 6.71. The Labute approximate surface area is 151 Å². The molecule has 3 rings (SSSR count). The molecule has 1 aromatic rings. The first-order chi connectivity index (χ1) is 12.3. The highest BCUT2D eigenvalue weighted by molar-refractivity contribution is 5.88. The van der Waals surface area contributed by atoms with Crippen LogP contribution in [0, 0.1) is 59.5 Å². The number of benzene rings is 1. The normalized spacial score (nSPS) is 19.0. The number of allylic oxidation sites excluding steroid dienone is 5. The zero-order valence-corrected chi connectivity index (χ0v) is 14.9. The second-order valence-corrected chi connectivity index (χ2v) is 6.71. The maximum Gasteiger partial charge on any atom is 0.275 e. The zero-order valence-electron chi connectivity index (χ0n) is 14.9. The number of hydrogen-bond acceptors (Lipinski definition) is 5. The summed E-state index contributed by atoms with van der Waals surface area (Å²) in [6.45, 7) is 5.32. The summed E-state index contributed by atoms with van der Waals surface area (Å²) in [5, 5.41) is 30.8. The van der Waals surface area contributed by atoms with Crippen molar-refractivity contribution >= 4 is 11.3 Å². The summed E-state index contributed by atoms with van der Waals surface area (Å²) in [5.74, 6) is -0.133. The molecule has 1 aromatic carbocycles. The van der Waals surface area contributed by atoms with Crippen LogP contribution in [0.1, 0.15) is 35.1 Å². The molecule has 0 unspecified atom stereocenters. The highest BCUT2D eigenvalue weighted by Crippen LogP contribution is 2.49. The molecule has 0 heterocycles. The first kappa shape index (κ1) is 17.4. The molecule has 2 aliphatic carbocycles. The lowest BCUT2D eigenvalue weighted by atomic mass is 9.74. The lowest BCUT2D eigenvalue weighted by Gasteiger charge is -2.28. The van der Waals surface area contributed by atoms with Gasteiger partial charge in [0.1, 0.15) is 12.1 Å². The van der Waals surface area contributed by atoms with E-state index in [-0.39, 0.29) is 27.8 Å². The Morgan fingerprint density at radius 1 is 1.19 bits per heavy atom. The van der Waals surface area contributed by atoms with Gasteiger partial charge in [-0.25, -0.2) is 0 Å². The third-order valence-corrected chi connectivity index (χ3v) is 5.25. The van der Waals surface area contributed by atoms with Gasteiger partial charge in [0.2, 0.25) is 0 Å². The molecule has 0 aliphatic heterocycles. The Kier molecular flexibility index (Phi) is 4.13. The number of rotatable bonds is 2. The van der Waals surface area contributed by atoms with Gasteiger partial charge >= 0.3 is 0 Å². The molecule has 0 saturated heterocycles. The highest BCUT2D eigenvalue weighted by atomic mass is 16.6. The van der Waals surface area contributed by atoms with Gasteiger partial charge in [0.25, 0.3) is 5.69 Å². The second kappa shape index (κ2) is 6.16. The predicted octanol–water partition coefficient (Wildman–Crippen LogP) is 3.88. The summed E-state index contributed by atoms with van der Waals surface area (Å²) in [7, 11) is 0. The maximum atomic E-state index is 11.6. The topological polar surface area (TPSA) is 117 Å². The summed E-state index contributed by atoms with van der Waals surface area (Å²) in [4.78, 5) is 11.2. The van der Waals surface area contributed by atoms with Gasteiger partial charge in [-0.1, -0.05) is 6.08 Å². The van der Waals surface area contributed by atoms with Gasteiger partial charge < -0.3 is 5.73 Å². The molecular formula is C20H18N4O2. The monoisotopic (exact) mass is 346 g/mol. The third-order valence-electron chi connectivity index (χ3n) is 5.25. The van der Waals surface area contributed by atoms with Gasteiger partial charge in [0.05, 0.1) is 21.8 Å². The summed E-state index contributed by atoms with van der Waals surface area (Å²) in [5.41, 5.74) is 11.2. The molecule has 1 atom stereocenters. The zero-order chi connectivity index (χ0) is 19.2. The van der Waals surface area contributed by atoms with E-state index in [2.05, 4.69) is 12.1 Å². The van der Waals surface area contributed by atoms with Crippen LogP contribution in [0.2, 0.25) is 0 Å². The van der Waals surface area contributed by atoms with Gasteiger partial charge in [-0.05, 0) is 62.0 Å². The van der Waals surface area contributed by atoms with Crippen LogP contribution in [0.25, 0.3) is 5.57 Å². The minimum atomic E-state index is -0.381. The molecule has 2 N–H and O–H groups in total. The van der Waals surface area contributed by atoms with Gasteiger partial charge in [0, 0.05) is 17.0 Å². The Morgan fingerprint density at radius 2 is 1.85 bits per heavy atom. The van der Waals surface area contributed by atoms with E-state index in [1.54, 1.807) is 19.9 Å². The van der Waals surface area contributed by atoms with E-state index in [0.29, 0.717) is 27.8 Å². The van der Waals surface area contributed by atoms with E-state index in [9.17, 15) is 20.6 Å². The van der Waals surface area contributed by atoms with E-state index in [4.69, 9.17) is 5.73 Å². The third kappa shape index (κ3) is 2.31. The number of nitro benzene ring substituents is 1. The first-order valence-corrected chi connectivity index (χ1v) is 8.33. The number of fused-ring (bicyclic) bond motifs is 1. The van der Waals surface area contributed by atoms with E-state index < -0.39 is 0 Å². The van der Waals surface area contributed by atoms with Crippen molar-refractivity contribution in [3.05, 3.63) is 66.9 Å². The van der Waals surface area contributed by atoms with Crippen molar-refractivity contribution in [3.8, 4) is 12.1 Å². The van der Waals surface area contributed by atoms with Crippen molar-refractivity contribution in [3.63, 3.8) is 0 Å². The number of nitriles is 2. The van der Waals surface area contributed by atoms with Crippen molar-refractivity contribution in [2.24, 2.45) is 11.7 Å².